The van der Waals surface area contributed by atoms with E-state index in [9.17, 15) is 14.7 Å². The van der Waals surface area contributed by atoms with Crippen molar-refractivity contribution in [3.05, 3.63) is 63.4 Å². The van der Waals surface area contributed by atoms with E-state index in [4.69, 9.17) is 21.4 Å². The van der Waals surface area contributed by atoms with Gasteiger partial charge in [-0.15, -0.1) is 0 Å². The number of carboxylic acids is 2. The average Bonchev–Trinajstić information content (AvgIpc) is 2.97. The summed E-state index contributed by atoms with van der Waals surface area (Å²) in [6.07, 6.45) is 0.790. The lowest BCUT2D eigenvalue weighted by Gasteiger charge is -2.17. The van der Waals surface area contributed by atoms with Gasteiger partial charge in [-0.3, -0.25) is 14.6 Å². The molecule has 0 spiro atoms. The predicted octanol–water partition coefficient (Wildman–Crippen LogP) is 3.31. The van der Waals surface area contributed by atoms with Crippen molar-refractivity contribution in [2.75, 3.05) is 0 Å². The van der Waals surface area contributed by atoms with Crippen LogP contribution in [0.3, 0.4) is 0 Å². The largest absolute Gasteiger partial charge is 0.481 e. The molecule has 130 valence electrons. The van der Waals surface area contributed by atoms with Gasteiger partial charge in [0.15, 0.2) is 0 Å². The second-order valence-electron chi connectivity index (χ2n) is 5.92. The van der Waals surface area contributed by atoms with E-state index in [0.717, 1.165) is 11.1 Å². The standard InChI is InChI=1S/C18H16ClNO5/c1-9-16(12(18(23)24)6-15(21)22)14-8-25-17(13(14)7-20-9)10-2-4-11(19)5-3-10/h2-5,7,12,17H,6,8H2,1H3,(H,21,22)(H,23,24)/t12-,17?/m0/s1. The Morgan fingerprint density at radius 3 is 2.60 bits per heavy atom. The molecule has 0 amide bonds. The molecule has 7 heteroatoms. The van der Waals surface area contributed by atoms with Gasteiger partial charge < -0.3 is 14.9 Å². The van der Waals surface area contributed by atoms with Crippen LogP contribution in [0.5, 0.6) is 0 Å². The number of benzene rings is 1. The molecular formula is C18H16ClNO5. The molecule has 25 heavy (non-hydrogen) atoms. The van der Waals surface area contributed by atoms with Crippen LogP contribution in [-0.4, -0.2) is 27.1 Å². The molecule has 1 aliphatic rings. The average molecular weight is 362 g/mol. The molecule has 1 unspecified atom stereocenters. The number of hydrogen-bond donors (Lipinski definition) is 2. The van der Waals surface area contributed by atoms with Gasteiger partial charge in [-0.2, -0.15) is 0 Å². The highest BCUT2D eigenvalue weighted by Gasteiger charge is 2.34. The maximum Gasteiger partial charge on any atom is 0.311 e. The second kappa shape index (κ2) is 6.82. The minimum absolute atomic E-state index is 0.213. The van der Waals surface area contributed by atoms with Crippen LogP contribution in [0.15, 0.2) is 30.5 Å². The molecule has 1 aromatic heterocycles. The van der Waals surface area contributed by atoms with Crippen molar-refractivity contribution >= 4 is 23.5 Å². The van der Waals surface area contributed by atoms with E-state index in [1.807, 2.05) is 12.1 Å². The number of ether oxygens (including phenoxy) is 1. The van der Waals surface area contributed by atoms with E-state index < -0.39 is 24.3 Å². The maximum absolute atomic E-state index is 11.6. The van der Waals surface area contributed by atoms with Gasteiger partial charge in [0.05, 0.1) is 18.9 Å². The van der Waals surface area contributed by atoms with Gasteiger partial charge in [0.1, 0.15) is 6.10 Å². The first-order valence-electron chi connectivity index (χ1n) is 7.68. The van der Waals surface area contributed by atoms with Crippen LogP contribution in [0.4, 0.5) is 0 Å². The van der Waals surface area contributed by atoms with Crippen molar-refractivity contribution in [1.29, 1.82) is 0 Å². The molecule has 2 aromatic rings. The predicted molar refractivity (Wildman–Crippen MR) is 89.7 cm³/mol. The van der Waals surface area contributed by atoms with Gasteiger partial charge >= 0.3 is 11.9 Å². The third-order valence-corrected chi connectivity index (χ3v) is 4.59. The van der Waals surface area contributed by atoms with Crippen LogP contribution >= 0.6 is 11.6 Å². The Bertz CT molecular complexity index is 834. The third-order valence-electron chi connectivity index (χ3n) is 4.34. The summed E-state index contributed by atoms with van der Waals surface area (Å²) in [5.74, 6) is -3.51. The van der Waals surface area contributed by atoms with Gasteiger partial charge in [-0.25, -0.2) is 0 Å². The van der Waals surface area contributed by atoms with Gasteiger partial charge in [-0.05, 0) is 35.7 Å². The maximum atomic E-state index is 11.6. The number of halogens is 1. The molecular weight excluding hydrogens is 346 g/mol. The van der Waals surface area contributed by atoms with Crippen molar-refractivity contribution in [1.82, 2.24) is 4.98 Å². The van der Waals surface area contributed by atoms with Gasteiger partial charge in [-0.1, -0.05) is 23.7 Å². The Labute approximate surface area is 149 Å². The molecule has 0 aliphatic carbocycles. The molecule has 0 fully saturated rings. The molecule has 0 saturated heterocycles. The van der Waals surface area contributed by atoms with Crippen LogP contribution in [0.1, 0.15) is 46.4 Å². The lowest BCUT2D eigenvalue weighted by atomic mass is 9.87. The fourth-order valence-corrected chi connectivity index (χ4v) is 3.32. The normalized spacial score (nSPS) is 17.1. The second-order valence-corrected chi connectivity index (χ2v) is 6.36. The highest BCUT2D eigenvalue weighted by atomic mass is 35.5. The number of pyridine rings is 1. The van der Waals surface area contributed by atoms with E-state index in [2.05, 4.69) is 4.98 Å². The van der Waals surface area contributed by atoms with Crippen LogP contribution in [0.25, 0.3) is 0 Å². The van der Waals surface area contributed by atoms with E-state index in [-0.39, 0.29) is 12.7 Å². The van der Waals surface area contributed by atoms with Gasteiger partial charge in [0, 0.05) is 22.5 Å². The summed E-state index contributed by atoms with van der Waals surface area (Å²) >= 11 is 5.92. The molecule has 2 N–H and O–H groups in total. The molecule has 0 radical (unpaired) electrons. The van der Waals surface area contributed by atoms with E-state index in [1.54, 1.807) is 25.3 Å². The number of carboxylic acid groups (broad SMARTS) is 2. The van der Waals surface area contributed by atoms with Crippen LogP contribution in [-0.2, 0) is 20.9 Å². The number of nitrogens with zero attached hydrogens (tertiary/aromatic N) is 1. The first-order chi connectivity index (χ1) is 11.9. The fraction of sp³-hybridized carbons (Fsp3) is 0.278. The summed E-state index contributed by atoms with van der Waals surface area (Å²) in [5.41, 5.74) is 3.29. The highest BCUT2D eigenvalue weighted by Crippen LogP contribution is 2.40. The number of aromatic nitrogens is 1. The number of carbonyl (C=O) groups is 2. The minimum Gasteiger partial charge on any atom is -0.481 e. The summed E-state index contributed by atoms with van der Waals surface area (Å²) in [7, 11) is 0. The summed E-state index contributed by atoms with van der Waals surface area (Å²) in [6, 6.07) is 7.19. The van der Waals surface area contributed by atoms with E-state index in [1.165, 1.54) is 0 Å². The molecule has 2 atom stereocenters. The Balaban J connectivity index is 2.07. The highest BCUT2D eigenvalue weighted by molar-refractivity contribution is 6.30. The number of hydrogen-bond acceptors (Lipinski definition) is 4. The molecule has 1 aromatic carbocycles. The molecule has 0 saturated carbocycles. The Morgan fingerprint density at radius 1 is 1.32 bits per heavy atom. The number of fused-ring (bicyclic) bond motifs is 1. The zero-order valence-electron chi connectivity index (χ0n) is 13.4. The molecule has 1 aliphatic heterocycles. The first kappa shape index (κ1) is 17.4. The summed E-state index contributed by atoms with van der Waals surface area (Å²) < 4.78 is 5.86. The van der Waals surface area contributed by atoms with Crippen LogP contribution < -0.4 is 0 Å². The number of rotatable bonds is 5. The van der Waals surface area contributed by atoms with Crippen LogP contribution in [0, 0.1) is 6.92 Å². The third kappa shape index (κ3) is 3.36. The van der Waals surface area contributed by atoms with Crippen molar-refractivity contribution in [3.63, 3.8) is 0 Å². The quantitative estimate of drug-likeness (QED) is 0.848. The fourth-order valence-electron chi connectivity index (χ4n) is 3.19. The molecule has 3 rings (SSSR count). The van der Waals surface area contributed by atoms with Crippen LogP contribution in [0.2, 0.25) is 5.02 Å². The first-order valence-corrected chi connectivity index (χ1v) is 8.06. The monoisotopic (exact) mass is 361 g/mol. The zero-order valence-corrected chi connectivity index (χ0v) is 14.2. The Hall–Kier alpha value is -2.44. The summed E-state index contributed by atoms with van der Waals surface area (Å²) in [5, 5.41) is 19.2. The Morgan fingerprint density at radius 2 is 2.00 bits per heavy atom. The smallest absolute Gasteiger partial charge is 0.311 e. The van der Waals surface area contributed by atoms with E-state index >= 15 is 0 Å². The summed E-state index contributed by atoms with van der Waals surface area (Å²) in [4.78, 5) is 27.0. The number of aryl methyl sites for hydroxylation is 1. The zero-order chi connectivity index (χ0) is 18.1. The molecule has 2 heterocycles. The molecule has 6 nitrogen and oxygen atoms in total. The van der Waals surface area contributed by atoms with Crippen molar-refractivity contribution in [2.24, 2.45) is 0 Å². The summed E-state index contributed by atoms with van der Waals surface area (Å²) in [6.45, 7) is 1.90. The molecule has 0 bridgehead atoms. The SMILES string of the molecule is Cc1ncc2c(c1[C@H](CC(=O)O)C(=O)O)COC2c1ccc(Cl)cc1. The van der Waals surface area contributed by atoms with E-state index in [0.29, 0.717) is 21.8 Å². The van der Waals surface area contributed by atoms with Crippen molar-refractivity contribution in [2.45, 2.75) is 32.0 Å². The van der Waals surface area contributed by atoms with Crippen molar-refractivity contribution in [3.8, 4) is 0 Å². The van der Waals surface area contributed by atoms with Gasteiger partial charge in [0.2, 0.25) is 0 Å². The number of aliphatic carboxylic acids is 2. The van der Waals surface area contributed by atoms with Gasteiger partial charge in [0.25, 0.3) is 0 Å². The Kier molecular flexibility index (Phi) is 4.74. The van der Waals surface area contributed by atoms with Crippen molar-refractivity contribution < 1.29 is 24.5 Å². The minimum atomic E-state index is -1.18. The topological polar surface area (TPSA) is 96.7 Å². The lowest BCUT2D eigenvalue weighted by Crippen LogP contribution is -2.19. The lowest BCUT2D eigenvalue weighted by molar-refractivity contribution is -0.145.